The molecule has 0 saturated heterocycles. The number of aromatic nitrogens is 2. The standard InChI is InChI=1S/C23H24FN3O3/c1-15(12-26(2)3)13-29-19-7-5-18(6-8-19)27-22(28)10-16-14-30-21-9-4-17(24)11-20(21)23(16)25-27/h4-11,15H,12-14H2,1-3H3. The summed E-state index contributed by atoms with van der Waals surface area (Å²) in [4.78, 5) is 14.7. The molecule has 30 heavy (non-hydrogen) atoms. The second-order valence-electron chi connectivity index (χ2n) is 7.87. The van der Waals surface area contributed by atoms with E-state index >= 15 is 0 Å². The number of hydrogen-bond donors (Lipinski definition) is 0. The van der Waals surface area contributed by atoms with Crippen LogP contribution in [0.2, 0.25) is 0 Å². The molecule has 2 aromatic carbocycles. The zero-order valence-corrected chi connectivity index (χ0v) is 17.3. The Morgan fingerprint density at radius 2 is 1.97 bits per heavy atom. The third-order valence-electron chi connectivity index (χ3n) is 4.88. The molecule has 1 aliphatic heterocycles. The van der Waals surface area contributed by atoms with Crippen molar-refractivity contribution in [1.29, 1.82) is 0 Å². The van der Waals surface area contributed by atoms with Gasteiger partial charge in [-0.3, -0.25) is 4.79 Å². The van der Waals surface area contributed by atoms with Crippen LogP contribution in [0, 0.1) is 11.7 Å². The number of halogens is 1. The van der Waals surface area contributed by atoms with Crippen LogP contribution in [0.3, 0.4) is 0 Å². The lowest BCUT2D eigenvalue weighted by atomic mass is 10.0. The molecule has 6 nitrogen and oxygen atoms in total. The van der Waals surface area contributed by atoms with Gasteiger partial charge in [0, 0.05) is 29.7 Å². The monoisotopic (exact) mass is 409 g/mol. The summed E-state index contributed by atoms with van der Waals surface area (Å²) in [7, 11) is 4.07. The van der Waals surface area contributed by atoms with Crippen LogP contribution in [-0.4, -0.2) is 41.9 Å². The van der Waals surface area contributed by atoms with Crippen LogP contribution in [0.1, 0.15) is 12.5 Å². The van der Waals surface area contributed by atoms with Gasteiger partial charge in [-0.25, -0.2) is 4.39 Å². The van der Waals surface area contributed by atoms with Crippen LogP contribution in [0.25, 0.3) is 16.9 Å². The second-order valence-corrected chi connectivity index (χ2v) is 7.87. The SMILES string of the molecule is CC(COc1ccc(-n2nc3c(cc2=O)COc2ccc(F)cc2-3)cc1)CN(C)C. The zero-order valence-electron chi connectivity index (χ0n) is 17.3. The Labute approximate surface area is 174 Å². The van der Waals surface area contributed by atoms with Crippen LogP contribution in [0.5, 0.6) is 11.5 Å². The minimum absolute atomic E-state index is 0.231. The van der Waals surface area contributed by atoms with Gasteiger partial charge in [0.25, 0.3) is 5.56 Å². The van der Waals surface area contributed by atoms with E-state index in [1.165, 1.54) is 22.9 Å². The average Bonchev–Trinajstić information content (AvgIpc) is 2.71. The number of nitrogens with zero attached hydrogens (tertiary/aromatic N) is 3. The molecule has 0 saturated carbocycles. The summed E-state index contributed by atoms with van der Waals surface area (Å²) < 4.78 is 26.5. The third kappa shape index (κ3) is 4.21. The maximum atomic E-state index is 13.8. The van der Waals surface area contributed by atoms with Gasteiger partial charge in [-0.05, 0) is 56.6 Å². The number of fused-ring (bicyclic) bond motifs is 3. The van der Waals surface area contributed by atoms with Crippen molar-refractivity contribution in [3.8, 4) is 28.4 Å². The van der Waals surface area contributed by atoms with Gasteiger partial charge in [-0.1, -0.05) is 6.92 Å². The van der Waals surface area contributed by atoms with Gasteiger partial charge in [0.1, 0.15) is 29.6 Å². The highest BCUT2D eigenvalue weighted by atomic mass is 19.1. The van der Waals surface area contributed by atoms with Crippen molar-refractivity contribution >= 4 is 0 Å². The van der Waals surface area contributed by atoms with E-state index in [0.717, 1.165) is 12.3 Å². The Hall–Kier alpha value is -3.19. The molecule has 0 amide bonds. The summed E-state index contributed by atoms with van der Waals surface area (Å²) >= 11 is 0. The molecule has 0 aliphatic carbocycles. The predicted molar refractivity (Wildman–Crippen MR) is 113 cm³/mol. The summed E-state index contributed by atoms with van der Waals surface area (Å²) in [5.41, 5.74) is 2.07. The minimum Gasteiger partial charge on any atom is -0.493 e. The molecule has 0 bridgehead atoms. The van der Waals surface area contributed by atoms with E-state index in [-0.39, 0.29) is 18.0 Å². The van der Waals surface area contributed by atoms with E-state index in [1.54, 1.807) is 18.2 Å². The molecule has 1 unspecified atom stereocenters. The molecular formula is C23H24FN3O3. The molecule has 0 radical (unpaired) electrons. The molecular weight excluding hydrogens is 385 g/mol. The molecule has 1 aromatic heterocycles. The Morgan fingerprint density at radius 3 is 2.70 bits per heavy atom. The predicted octanol–water partition coefficient (Wildman–Crippen LogP) is 3.51. The lowest BCUT2D eigenvalue weighted by Gasteiger charge is -2.20. The Balaban J connectivity index is 1.59. The second kappa shape index (κ2) is 8.28. The first-order valence-electron chi connectivity index (χ1n) is 9.84. The number of benzene rings is 2. The minimum atomic E-state index is -0.380. The van der Waals surface area contributed by atoms with Gasteiger partial charge in [0.2, 0.25) is 0 Å². The van der Waals surface area contributed by atoms with Crippen molar-refractivity contribution in [1.82, 2.24) is 14.7 Å². The lowest BCUT2D eigenvalue weighted by Crippen LogP contribution is -2.24. The van der Waals surface area contributed by atoms with Crippen LogP contribution >= 0.6 is 0 Å². The Kier molecular flexibility index (Phi) is 5.55. The normalized spacial score (nSPS) is 13.4. The molecule has 0 N–H and O–H groups in total. The van der Waals surface area contributed by atoms with E-state index in [0.29, 0.717) is 40.8 Å². The van der Waals surface area contributed by atoms with Crippen LogP contribution in [-0.2, 0) is 6.61 Å². The van der Waals surface area contributed by atoms with Gasteiger partial charge >= 0.3 is 0 Å². The molecule has 1 aliphatic rings. The van der Waals surface area contributed by atoms with Crippen molar-refractivity contribution < 1.29 is 13.9 Å². The highest BCUT2D eigenvalue weighted by molar-refractivity contribution is 5.71. The van der Waals surface area contributed by atoms with Crippen molar-refractivity contribution in [2.75, 3.05) is 27.2 Å². The van der Waals surface area contributed by atoms with Crippen LogP contribution < -0.4 is 15.0 Å². The topological polar surface area (TPSA) is 56.6 Å². The van der Waals surface area contributed by atoms with E-state index < -0.39 is 0 Å². The van der Waals surface area contributed by atoms with Gasteiger partial charge in [-0.2, -0.15) is 9.78 Å². The first-order chi connectivity index (χ1) is 14.4. The first kappa shape index (κ1) is 20.1. The quantitative estimate of drug-likeness (QED) is 0.624. The summed E-state index contributed by atoms with van der Waals surface area (Å²) in [6.07, 6.45) is 0. The molecule has 4 rings (SSSR count). The molecule has 1 atom stereocenters. The summed E-state index contributed by atoms with van der Waals surface area (Å²) in [5, 5.41) is 4.51. The van der Waals surface area contributed by atoms with Crippen molar-refractivity contribution in [3.63, 3.8) is 0 Å². The van der Waals surface area contributed by atoms with Crippen molar-refractivity contribution in [2.45, 2.75) is 13.5 Å². The van der Waals surface area contributed by atoms with Gasteiger partial charge in [0.05, 0.1) is 12.3 Å². The fourth-order valence-electron chi connectivity index (χ4n) is 3.58. The fourth-order valence-corrected chi connectivity index (χ4v) is 3.58. The van der Waals surface area contributed by atoms with Crippen LogP contribution in [0.4, 0.5) is 4.39 Å². The Bertz CT molecular complexity index is 1110. The highest BCUT2D eigenvalue weighted by Crippen LogP contribution is 2.36. The van der Waals surface area contributed by atoms with Crippen molar-refractivity contribution in [2.24, 2.45) is 5.92 Å². The summed E-state index contributed by atoms with van der Waals surface area (Å²) in [6, 6.07) is 13.0. The molecule has 0 fully saturated rings. The van der Waals surface area contributed by atoms with E-state index in [1.807, 2.05) is 26.2 Å². The maximum Gasteiger partial charge on any atom is 0.271 e. The fraction of sp³-hybridized carbons (Fsp3) is 0.304. The average molecular weight is 409 g/mol. The third-order valence-corrected chi connectivity index (χ3v) is 4.88. The largest absolute Gasteiger partial charge is 0.493 e. The number of rotatable bonds is 6. The van der Waals surface area contributed by atoms with E-state index in [9.17, 15) is 9.18 Å². The number of ether oxygens (including phenoxy) is 2. The zero-order chi connectivity index (χ0) is 21.3. The van der Waals surface area contributed by atoms with E-state index in [4.69, 9.17) is 9.47 Å². The summed E-state index contributed by atoms with van der Waals surface area (Å²) in [5.74, 6) is 1.30. The van der Waals surface area contributed by atoms with Gasteiger partial charge in [0.15, 0.2) is 0 Å². The lowest BCUT2D eigenvalue weighted by molar-refractivity contribution is 0.222. The molecule has 156 valence electrons. The van der Waals surface area contributed by atoms with E-state index in [2.05, 4.69) is 16.9 Å². The smallest absolute Gasteiger partial charge is 0.271 e. The Morgan fingerprint density at radius 1 is 1.20 bits per heavy atom. The molecule has 2 heterocycles. The molecule has 0 spiro atoms. The molecule has 7 heteroatoms. The van der Waals surface area contributed by atoms with Gasteiger partial charge in [-0.15, -0.1) is 0 Å². The first-order valence-corrected chi connectivity index (χ1v) is 9.84. The highest BCUT2D eigenvalue weighted by Gasteiger charge is 2.21. The van der Waals surface area contributed by atoms with Gasteiger partial charge < -0.3 is 14.4 Å². The van der Waals surface area contributed by atoms with Crippen molar-refractivity contribution in [3.05, 3.63) is 70.3 Å². The number of hydrogen-bond acceptors (Lipinski definition) is 5. The molecule has 3 aromatic rings. The maximum absolute atomic E-state index is 13.8. The van der Waals surface area contributed by atoms with Crippen LogP contribution in [0.15, 0.2) is 53.3 Å². The summed E-state index contributed by atoms with van der Waals surface area (Å²) in [6.45, 7) is 3.92.